The topological polar surface area (TPSA) is 69.0 Å². The van der Waals surface area contributed by atoms with Gasteiger partial charge in [-0.2, -0.15) is 5.26 Å². The lowest BCUT2D eigenvalue weighted by Gasteiger charge is -2.36. The minimum absolute atomic E-state index is 0.0125. The highest BCUT2D eigenvalue weighted by molar-refractivity contribution is 6.30. The predicted molar refractivity (Wildman–Crippen MR) is 157 cm³/mol. The highest BCUT2D eigenvalue weighted by Crippen LogP contribution is 2.28. The first kappa shape index (κ1) is 28.0. The number of piperazine rings is 1. The summed E-state index contributed by atoms with van der Waals surface area (Å²) in [7, 11) is 0. The summed E-state index contributed by atoms with van der Waals surface area (Å²) in [6.45, 7) is 6.26. The second kappa shape index (κ2) is 13.7. The maximum Gasteiger partial charge on any atom is 0.260 e. The lowest BCUT2D eigenvalue weighted by atomic mass is 10.1. The molecule has 1 atom stereocenters. The molecule has 3 aromatic rings. The summed E-state index contributed by atoms with van der Waals surface area (Å²) in [5.41, 5.74) is 4.09. The Balaban J connectivity index is 1.20. The van der Waals surface area contributed by atoms with Gasteiger partial charge in [0, 0.05) is 56.5 Å². The standard InChI is InChI=1S/C32H35ClN4O3/c33-28-10-12-30(13-11-28)39-24-32(38)37-18-16-35(17-19-37)22-31(40-23-26-8-6-25(21-34)7-9-26)27-4-3-5-29(20-27)36-14-1-2-15-36/h3-13,20,31H,1-2,14-19,22-24H2. The summed E-state index contributed by atoms with van der Waals surface area (Å²) in [5.74, 6) is 0.622. The Hall–Kier alpha value is -3.57. The minimum Gasteiger partial charge on any atom is -0.484 e. The van der Waals surface area contributed by atoms with Crippen LogP contribution in [0.5, 0.6) is 5.75 Å². The van der Waals surface area contributed by atoms with Crippen LogP contribution >= 0.6 is 11.6 Å². The van der Waals surface area contributed by atoms with Crippen molar-refractivity contribution in [2.45, 2.75) is 25.6 Å². The third-order valence-electron chi connectivity index (χ3n) is 7.57. The molecule has 7 nitrogen and oxygen atoms in total. The SMILES string of the molecule is N#Cc1ccc(COC(CN2CCN(C(=O)COc3ccc(Cl)cc3)CC2)c2cccc(N3CCCC3)c2)cc1. The molecular weight excluding hydrogens is 524 g/mol. The molecule has 0 radical (unpaired) electrons. The van der Waals surface area contributed by atoms with Gasteiger partial charge < -0.3 is 19.3 Å². The molecule has 5 rings (SSSR count). The van der Waals surface area contributed by atoms with Crippen LogP contribution in [0, 0.1) is 11.3 Å². The number of nitriles is 1. The third kappa shape index (κ3) is 7.54. The molecule has 1 amide bonds. The van der Waals surface area contributed by atoms with E-state index >= 15 is 0 Å². The maximum absolute atomic E-state index is 12.8. The number of halogens is 1. The molecule has 0 bridgehead atoms. The Bertz CT molecular complexity index is 1290. The lowest BCUT2D eigenvalue weighted by Crippen LogP contribution is -2.50. The van der Waals surface area contributed by atoms with Crippen molar-refractivity contribution in [3.63, 3.8) is 0 Å². The van der Waals surface area contributed by atoms with Gasteiger partial charge in [-0.3, -0.25) is 9.69 Å². The van der Waals surface area contributed by atoms with E-state index in [1.165, 1.54) is 18.5 Å². The van der Waals surface area contributed by atoms with E-state index in [0.717, 1.165) is 43.9 Å². The summed E-state index contributed by atoms with van der Waals surface area (Å²) in [6, 6.07) is 25.5. The fraction of sp³-hybridized carbons (Fsp3) is 0.375. The van der Waals surface area contributed by atoms with Crippen LogP contribution in [0.4, 0.5) is 5.69 Å². The van der Waals surface area contributed by atoms with Crippen molar-refractivity contribution in [3.8, 4) is 11.8 Å². The molecule has 208 valence electrons. The highest BCUT2D eigenvalue weighted by Gasteiger charge is 2.25. The first-order chi connectivity index (χ1) is 19.6. The predicted octanol–water partition coefficient (Wildman–Crippen LogP) is 5.29. The van der Waals surface area contributed by atoms with Crippen molar-refractivity contribution in [1.29, 1.82) is 5.26 Å². The number of ether oxygens (including phenoxy) is 2. The van der Waals surface area contributed by atoms with Crippen LogP contribution in [0.15, 0.2) is 72.8 Å². The van der Waals surface area contributed by atoms with Crippen molar-refractivity contribution in [1.82, 2.24) is 9.80 Å². The van der Waals surface area contributed by atoms with E-state index in [4.69, 9.17) is 26.3 Å². The zero-order valence-electron chi connectivity index (χ0n) is 22.7. The van der Waals surface area contributed by atoms with Gasteiger partial charge in [0.05, 0.1) is 24.3 Å². The Kier molecular flexibility index (Phi) is 9.56. The van der Waals surface area contributed by atoms with Crippen LogP contribution in [-0.2, 0) is 16.1 Å². The smallest absolute Gasteiger partial charge is 0.260 e. The number of benzene rings is 3. The Labute approximate surface area is 241 Å². The summed E-state index contributed by atoms with van der Waals surface area (Å²) < 4.78 is 12.2. The fourth-order valence-electron chi connectivity index (χ4n) is 5.21. The van der Waals surface area contributed by atoms with Gasteiger partial charge in [-0.05, 0) is 72.5 Å². The Morgan fingerprint density at radius 3 is 2.35 bits per heavy atom. The molecule has 2 fully saturated rings. The van der Waals surface area contributed by atoms with Gasteiger partial charge in [-0.15, -0.1) is 0 Å². The quantitative estimate of drug-likeness (QED) is 0.337. The van der Waals surface area contributed by atoms with Gasteiger partial charge in [0.25, 0.3) is 5.91 Å². The van der Waals surface area contributed by atoms with Crippen molar-refractivity contribution in [3.05, 3.63) is 94.5 Å². The molecule has 0 aromatic heterocycles. The van der Waals surface area contributed by atoms with Crippen LogP contribution in [0.3, 0.4) is 0 Å². The number of carbonyl (C=O) groups excluding carboxylic acids is 1. The van der Waals surface area contributed by atoms with Crippen LogP contribution < -0.4 is 9.64 Å². The van der Waals surface area contributed by atoms with Gasteiger partial charge in [0.2, 0.25) is 0 Å². The molecular formula is C32H35ClN4O3. The Morgan fingerprint density at radius 1 is 0.925 bits per heavy atom. The number of rotatable bonds is 10. The van der Waals surface area contributed by atoms with Crippen molar-refractivity contribution in [2.24, 2.45) is 0 Å². The van der Waals surface area contributed by atoms with E-state index in [1.807, 2.05) is 29.2 Å². The number of carbonyl (C=O) groups is 1. The van der Waals surface area contributed by atoms with Gasteiger partial charge in [-0.25, -0.2) is 0 Å². The molecule has 0 saturated carbocycles. The van der Waals surface area contributed by atoms with Gasteiger partial charge in [0.15, 0.2) is 6.61 Å². The molecule has 0 spiro atoms. The Morgan fingerprint density at radius 2 is 1.65 bits per heavy atom. The lowest BCUT2D eigenvalue weighted by molar-refractivity contribution is -0.135. The third-order valence-corrected chi connectivity index (χ3v) is 7.82. The highest BCUT2D eigenvalue weighted by atomic mass is 35.5. The summed E-state index contributed by atoms with van der Waals surface area (Å²) in [4.78, 5) is 19.4. The molecule has 40 heavy (non-hydrogen) atoms. The van der Waals surface area contributed by atoms with Gasteiger partial charge >= 0.3 is 0 Å². The molecule has 2 aliphatic heterocycles. The second-order valence-electron chi connectivity index (χ2n) is 10.3. The van der Waals surface area contributed by atoms with Gasteiger partial charge in [-0.1, -0.05) is 35.9 Å². The molecule has 0 N–H and O–H groups in total. The van der Waals surface area contributed by atoms with Crippen LogP contribution in [0.25, 0.3) is 0 Å². The molecule has 3 aromatic carbocycles. The molecule has 2 aliphatic rings. The average molecular weight is 559 g/mol. The van der Waals surface area contributed by atoms with Gasteiger partial charge in [0.1, 0.15) is 5.75 Å². The zero-order valence-corrected chi connectivity index (χ0v) is 23.4. The number of anilines is 1. The van der Waals surface area contributed by atoms with E-state index in [0.29, 0.717) is 36.0 Å². The summed E-state index contributed by atoms with van der Waals surface area (Å²) in [5, 5.41) is 9.75. The number of amides is 1. The summed E-state index contributed by atoms with van der Waals surface area (Å²) >= 11 is 5.93. The minimum atomic E-state index is -0.117. The van der Waals surface area contributed by atoms with E-state index in [2.05, 4.69) is 40.1 Å². The van der Waals surface area contributed by atoms with E-state index in [-0.39, 0.29) is 18.6 Å². The second-order valence-corrected chi connectivity index (χ2v) is 10.8. The molecule has 2 saturated heterocycles. The van der Waals surface area contributed by atoms with Crippen LogP contribution in [-0.4, -0.2) is 68.1 Å². The molecule has 2 heterocycles. The number of nitrogens with zero attached hydrogens (tertiary/aromatic N) is 4. The number of hydrogen-bond donors (Lipinski definition) is 0. The summed E-state index contributed by atoms with van der Waals surface area (Å²) in [6.07, 6.45) is 2.35. The number of hydrogen-bond acceptors (Lipinski definition) is 6. The first-order valence-electron chi connectivity index (χ1n) is 13.9. The van der Waals surface area contributed by atoms with Crippen molar-refractivity contribution < 1.29 is 14.3 Å². The largest absolute Gasteiger partial charge is 0.484 e. The van der Waals surface area contributed by atoms with Crippen LogP contribution in [0.1, 0.15) is 35.6 Å². The van der Waals surface area contributed by atoms with Crippen molar-refractivity contribution >= 4 is 23.2 Å². The van der Waals surface area contributed by atoms with E-state index in [1.54, 1.807) is 24.3 Å². The zero-order chi connectivity index (χ0) is 27.7. The molecule has 0 aliphatic carbocycles. The first-order valence-corrected chi connectivity index (χ1v) is 14.3. The van der Waals surface area contributed by atoms with E-state index in [9.17, 15) is 4.79 Å². The average Bonchev–Trinajstić information content (AvgIpc) is 3.55. The molecule has 1 unspecified atom stereocenters. The van der Waals surface area contributed by atoms with E-state index < -0.39 is 0 Å². The maximum atomic E-state index is 12.8. The molecule has 8 heteroatoms. The normalized spacial score (nSPS) is 16.5. The fourth-order valence-corrected chi connectivity index (χ4v) is 5.33. The van der Waals surface area contributed by atoms with Crippen molar-refractivity contribution in [2.75, 3.05) is 57.3 Å². The monoisotopic (exact) mass is 558 g/mol. The van der Waals surface area contributed by atoms with Crippen LogP contribution in [0.2, 0.25) is 5.02 Å².